The Labute approximate surface area is 91.8 Å². The van der Waals surface area contributed by atoms with Crippen molar-refractivity contribution in [2.24, 2.45) is 0 Å². The van der Waals surface area contributed by atoms with E-state index in [1.165, 1.54) is 23.2 Å². The summed E-state index contributed by atoms with van der Waals surface area (Å²) in [5.74, 6) is 0.000422. The van der Waals surface area contributed by atoms with Gasteiger partial charge < -0.3 is 4.98 Å². The second-order valence-electron chi connectivity index (χ2n) is 3.17. The molecule has 15 heavy (non-hydrogen) atoms. The minimum absolute atomic E-state index is 0.000422. The number of para-hydroxylation sites is 2. The van der Waals surface area contributed by atoms with E-state index in [1.807, 2.05) is 24.3 Å². The molecule has 0 radical (unpaired) electrons. The Kier molecular flexibility index (Phi) is 2.64. The van der Waals surface area contributed by atoms with Crippen molar-refractivity contribution in [3.63, 3.8) is 0 Å². The van der Waals surface area contributed by atoms with E-state index < -0.39 is 0 Å². The number of nitrogens with zero attached hydrogens (tertiary/aromatic N) is 2. The third-order valence-electron chi connectivity index (χ3n) is 2.03. The molecule has 2 aromatic rings. The van der Waals surface area contributed by atoms with Gasteiger partial charge in [0.2, 0.25) is 5.91 Å². The highest BCUT2D eigenvalue weighted by molar-refractivity contribution is 7.97. The number of imidazole rings is 1. The molecule has 0 aliphatic heterocycles. The molecule has 0 fully saturated rings. The number of aromatic nitrogens is 2. The smallest absolute Gasteiger partial charge is 0.229 e. The van der Waals surface area contributed by atoms with Crippen molar-refractivity contribution in [3.05, 3.63) is 24.3 Å². The summed E-state index contributed by atoms with van der Waals surface area (Å²) in [6.07, 6.45) is 0. The van der Waals surface area contributed by atoms with Gasteiger partial charge in [-0.2, -0.15) is 0 Å². The van der Waals surface area contributed by atoms with Crippen LogP contribution in [0.3, 0.4) is 0 Å². The number of nitrogens with one attached hydrogen (secondary N) is 1. The van der Waals surface area contributed by atoms with Crippen LogP contribution >= 0.6 is 11.9 Å². The van der Waals surface area contributed by atoms with Gasteiger partial charge in [0.15, 0.2) is 5.16 Å². The van der Waals surface area contributed by atoms with Crippen LogP contribution in [0.5, 0.6) is 0 Å². The van der Waals surface area contributed by atoms with Gasteiger partial charge in [0.25, 0.3) is 0 Å². The quantitative estimate of drug-likeness (QED) is 0.789. The van der Waals surface area contributed by atoms with Crippen molar-refractivity contribution in [1.29, 1.82) is 0 Å². The Balaban J connectivity index is 2.26. The fourth-order valence-corrected chi connectivity index (χ4v) is 1.85. The molecule has 1 aromatic heterocycles. The minimum atomic E-state index is 0.000422. The summed E-state index contributed by atoms with van der Waals surface area (Å²) in [5, 5.41) is 0.730. The zero-order chi connectivity index (χ0) is 10.8. The van der Waals surface area contributed by atoms with Gasteiger partial charge in [0, 0.05) is 25.9 Å². The van der Waals surface area contributed by atoms with E-state index in [-0.39, 0.29) is 5.91 Å². The van der Waals surface area contributed by atoms with E-state index in [9.17, 15) is 4.79 Å². The fraction of sp³-hybridized carbons (Fsp3) is 0.200. The van der Waals surface area contributed by atoms with E-state index in [0.29, 0.717) is 0 Å². The van der Waals surface area contributed by atoms with Crippen LogP contribution < -0.4 is 0 Å². The highest BCUT2D eigenvalue weighted by Crippen LogP contribution is 2.21. The van der Waals surface area contributed by atoms with E-state index in [4.69, 9.17) is 0 Å². The van der Waals surface area contributed by atoms with E-state index in [2.05, 4.69) is 9.97 Å². The van der Waals surface area contributed by atoms with Crippen LogP contribution in [0.2, 0.25) is 0 Å². The number of carbonyl (C=O) groups is 1. The minimum Gasteiger partial charge on any atom is -0.331 e. The van der Waals surface area contributed by atoms with Crippen molar-refractivity contribution in [2.45, 2.75) is 12.1 Å². The zero-order valence-corrected chi connectivity index (χ0v) is 9.34. The van der Waals surface area contributed by atoms with Crippen LogP contribution in [-0.2, 0) is 4.79 Å². The van der Waals surface area contributed by atoms with Crippen LogP contribution in [0.25, 0.3) is 11.0 Å². The van der Waals surface area contributed by atoms with Gasteiger partial charge in [-0.1, -0.05) is 12.1 Å². The molecular weight excluding hydrogens is 210 g/mol. The van der Waals surface area contributed by atoms with Crippen molar-refractivity contribution >= 4 is 28.9 Å². The molecule has 1 aromatic carbocycles. The molecule has 0 aliphatic carbocycles. The van der Waals surface area contributed by atoms with Crippen molar-refractivity contribution in [2.75, 3.05) is 7.05 Å². The molecule has 1 amide bonds. The van der Waals surface area contributed by atoms with Crippen molar-refractivity contribution < 1.29 is 4.79 Å². The second-order valence-corrected chi connectivity index (χ2v) is 4.28. The molecule has 0 atom stereocenters. The first-order chi connectivity index (χ1) is 7.16. The normalized spacial score (nSPS) is 10.5. The number of rotatable bonds is 2. The summed E-state index contributed by atoms with van der Waals surface area (Å²) < 4.78 is 1.54. The van der Waals surface area contributed by atoms with Crippen LogP contribution in [0, 0.1) is 0 Å². The largest absolute Gasteiger partial charge is 0.331 e. The predicted octanol–water partition coefficient (Wildman–Crippen LogP) is 2.05. The van der Waals surface area contributed by atoms with Crippen LogP contribution in [0.4, 0.5) is 0 Å². The molecule has 0 bridgehead atoms. The molecule has 0 aliphatic rings. The van der Waals surface area contributed by atoms with Gasteiger partial charge in [-0.05, 0) is 12.1 Å². The molecular formula is C10H11N3OS. The molecule has 2 rings (SSSR count). The first-order valence-corrected chi connectivity index (χ1v) is 5.31. The number of aromatic amines is 1. The maximum absolute atomic E-state index is 11.0. The summed E-state index contributed by atoms with van der Waals surface area (Å²) in [6, 6.07) is 7.78. The summed E-state index contributed by atoms with van der Waals surface area (Å²) in [4.78, 5) is 18.5. The molecule has 0 saturated heterocycles. The molecule has 1 heterocycles. The maximum Gasteiger partial charge on any atom is 0.229 e. The van der Waals surface area contributed by atoms with E-state index in [0.717, 1.165) is 16.2 Å². The lowest BCUT2D eigenvalue weighted by molar-refractivity contribution is -0.123. The molecule has 0 spiro atoms. The highest BCUT2D eigenvalue weighted by atomic mass is 32.2. The first-order valence-electron chi connectivity index (χ1n) is 4.54. The van der Waals surface area contributed by atoms with Crippen LogP contribution in [0.15, 0.2) is 29.4 Å². The molecule has 0 saturated carbocycles. The molecule has 5 heteroatoms. The Bertz CT molecular complexity index is 461. The summed E-state index contributed by atoms with van der Waals surface area (Å²) >= 11 is 1.29. The second kappa shape index (κ2) is 3.94. The number of fused-ring (bicyclic) bond motifs is 1. The fourth-order valence-electron chi connectivity index (χ4n) is 1.17. The van der Waals surface area contributed by atoms with Crippen molar-refractivity contribution in [3.8, 4) is 0 Å². The average Bonchev–Trinajstić information content (AvgIpc) is 2.59. The molecule has 1 N–H and O–H groups in total. The zero-order valence-electron chi connectivity index (χ0n) is 8.52. The maximum atomic E-state index is 11.0. The lowest BCUT2D eigenvalue weighted by Crippen LogP contribution is -2.15. The number of H-pyrrole nitrogens is 1. The number of benzene rings is 1. The van der Waals surface area contributed by atoms with Crippen molar-refractivity contribution in [1.82, 2.24) is 14.3 Å². The third-order valence-corrected chi connectivity index (χ3v) is 2.93. The topological polar surface area (TPSA) is 49.0 Å². The Morgan fingerprint density at radius 3 is 2.87 bits per heavy atom. The van der Waals surface area contributed by atoms with Crippen LogP contribution in [0.1, 0.15) is 6.92 Å². The van der Waals surface area contributed by atoms with Gasteiger partial charge in [0.1, 0.15) is 0 Å². The molecule has 4 nitrogen and oxygen atoms in total. The average molecular weight is 221 g/mol. The number of amides is 1. The third kappa shape index (κ3) is 2.12. The van der Waals surface area contributed by atoms with E-state index in [1.54, 1.807) is 7.05 Å². The van der Waals surface area contributed by atoms with E-state index >= 15 is 0 Å². The number of hydrogen-bond acceptors (Lipinski definition) is 3. The molecule has 0 unspecified atom stereocenters. The molecule has 78 valence electrons. The Morgan fingerprint density at radius 1 is 1.47 bits per heavy atom. The summed E-state index contributed by atoms with van der Waals surface area (Å²) in [5.41, 5.74) is 1.90. The predicted molar refractivity (Wildman–Crippen MR) is 60.4 cm³/mol. The number of carbonyl (C=O) groups excluding carboxylic acids is 1. The monoisotopic (exact) mass is 221 g/mol. The van der Waals surface area contributed by atoms with Crippen LogP contribution in [-0.4, -0.2) is 27.2 Å². The lowest BCUT2D eigenvalue weighted by Gasteiger charge is -2.09. The number of hydrogen-bond donors (Lipinski definition) is 1. The Hall–Kier alpha value is -1.49. The first kappa shape index (κ1) is 10.0. The van der Waals surface area contributed by atoms with Gasteiger partial charge in [-0.15, -0.1) is 0 Å². The lowest BCUT2D eigenvalue weighted by atomic mass is 10.3. The SMILES string of the molecule is CC(=O)N(C)Sc1nc2ccccc2[nH]1. The summed E-state index contributed by atoms with van der Waals surface area (Å²) in [6.45, 7) is 1.52. The van der Waals surface area contributed by atoms with Gasteiger partial charge >= 0.3 is 0 Å². The van der Waals surface area contributed by atoms with Gasteiger partial charge in [0.05, 0.1) is 11.0 Å². The Morgan fingerprint density at radius 2 is 2.20 bits per heavy atom. The standard InChI is InChI=1S/C10H11N3OS/c1-7(14)13(2)15-10-11-8-5-3-4-6-9(8)12-10/h3-6H,1-2H3,(H,11,12). The van der Waals surface area contributed by atoms with Gasteiger partial charge in [-0.25, -0.2) is 4.98 Å². The van der Waals surface area contributed by atoms with Gasteiger partial charge in [-0.3, -0.25) is 9.10 Å². The summed E-state index contributed by atoms with van der Waals surface area (Å²) in [7, 11) is 1.72. The highest BCUT2D eigenvalue weighted by Gasteiger charge is 2.08.